The molecular weight excluding hydrogens is 540 g/mol. The summed E-state index contributed by atoms with van der Waals surface area (Å²) in [6, 6.07) is 45.1. The molecule has 5 aromatic carbocycles. The first-order valence-corrected chi connectivity index (χ1v) is 14.6. The number of hydrogen-bond donors (Lipinski definition) is 0. The van der Waals surface area contributed by atoms with Gasteiger partial charge in [0.15, 0.2) is 17.5 Å². The van der Waals surface area contributed by atoms with Crippen molar-refractivity contribution in [2.24, 2.45) is 0 Å². The first-order valence-electron chi connectivity index (χ1n) is 14.6. The van der Waals surface area contributed by atoms with Crippen molar-refractivity contribution in [3.63, 3.8) is 0 Å². The van der Waals surface area contributed by atoms with Gasteiger partial charge in [0.1, 0.15) is 16.9 Å². The second-order valence-corrected chi connectivity index (χ2v) is 10.8. The number of benzene rings is 5. The second-order valence-electron chi connectivity index (χ2n) is 10.8. The molecule has 5 nitrogen and oxygen atoms in total. The fraction of sp³-hybridized carbons (Fsp3) is 0.0256. The van der Waals surface area contributed by atoms with E-state index in [1.54, 1.807) is 0 Å². The van der Waals surface area contributed by atoms with Gasteiger partial charge in [0.2, 0.25) is 0 Å². The Balaban J connectivity index is 1.25. The van der Waals surface area contributed by atoms with E-state index in [0.717, 1.165) is 55.3 Å². The lowest BCUT2D eigenvalue weighted by Gasteiger charge is -2.09. The maximum absolute atomic E-state index is 6.39. The number of nitrogens with zero attached hydrogens (tertiary/aromatic N) is 4. The molecule has 0 bridgehead atoms. The Labute approximate surface area is 254 Å². The van der Waals surface area contributed by atoms with Gasteiger partial charge in [-0.15, -0.1) is 0 Å². The van der Waals surface area contributed by atoms with Crippen LogP contribution in [0.5, 0.6) is 0 Å². The van der Waals surface area contributed by atoms with Crippen molar-refractivity contribution in [1.82, 2.24) is 19.9 Å². The number of rotatable bonds is 5. The molecule has 3 heterocycles. The highest BCUT2D eigenvalue weighted by Gasteiger charge is 2.17. The predicted octanol–water partition coefficient (Wildman–Crippen LogP) is 9.81. The van der Waals surface area contributed by atoms with Gasteiger partial charge < -0.3 is 4.42 Å². The Morgan fingerprint density at radius 2 is 1.14 bits per heavy atom. The lowest BCUT2D eigenvalue weighted by Crippen LogP contribution is -2.01. The van der Waals surface area contributed by atoms with Crippen LogP contribution in [-0.4, -0.2) is 19.9 Å². The molecular formula is C39H26N4O. The lowest BCUT2D eigenvalue weighted by molar-refractivity contribution is 0.669. The van der Waals surface area contributed by atoms with Crippen LogP contribution in [0.2, 0.25) is 0 Å². The molecule has 0 amide bonds. The van der Waals surface area contributed by atoms with Crippen LogP contribution in [0.25, 0.3) is 78.5 Å². The highest BCUT2D eigenvalue weighted by Crippen LogP contribution is 2.38. The number of fused-ring (bicyclic) bond motifs is 3. The van der Waals surface area contributed by atoms with Gasteiger partial charge in [-0.3, -0.25) is 4.98 Å². The molecule has 8 rings (SSSR count). The van der Waals surface area contributed by atoms with Gasteiger partial charge in [-0.05, 0) is 53.4 Å². The molecule has 0 spiro atoms. The van der Waals surface area contributed by atoms with Gasteiger partial charge in [-0.2, -0.15) is 0 Å². The van der Waals surface area contributed by atoms with Crippen molar-refractivity contribution < 1.29 is 4.42 Å². The maximum Gasteiger partial charge on any atom is 0.182 e. The zero-order valence-electron chi connectivity index (χ0n) is 24.0. The molecule has 0 N–H and O–H groups in total. The minimum absolute atomic E-state index is 0.515. The quantitative estimate of drug-likeness (QED) is 0.207. The third-order valence-electron chi connectivity index (χ3n) is 7.96. The van der Waals surface area contributed by atoms with Crippen LogP contribution in [0.4, 0.5) is 0 Å². The average molecular weight is 567 g/mol. The summed E-state index contributed by atoms with van der Waals surface area (Å²) >= 11 is 0. The summed E-state index contributed by atoms with van der Waals surface area (Å²) in [5.74, 6) is 1.66. The fourth-order valence-corrected chi connectivity index (χ4v) is 5.74. The molecule has 8 aromatic rings. The Kier molecular flexibility index (Phi) is 6.27. The van der Waals surface area contributed by atoms with Crippen molar-refractivity contribution >= 4 is 21.9 Å². The second kappa shape index (κ2) is 10.7. The third-order valence-corrected chi connectivity index (χ3v) is 7.96. The number of aromatic nitrogens is 4. The van der Waals surface area contributed by atoms with Gasteiger partial charge in [0, 0.05) is 33.7 Å². The van der Waals surface area contributed by atoms with Crippen molar-refractivity contribution in [2.75, 3.05) is 0 Å². The Bertz CT molecular complexity index is 2270. The first kappa shape index (κ1) is 25.7. The van der Waals surface area contributed by atoms with E-state index < -0.39 is 0 Å². The van der Waals surface area contributed by atoms with Crippen LogP contribution < -0.4 is 0 Å². The van der Waals surface area contributed by atoms with Gasteiger partial charge in [0.25, 0.3) is 0 Å². The molecule has 0 aliphatic heterocycles. The molecule has 0 atom stereocenters. The Hall–Kier alpha value is -5.94. The van der Waals surface area contributed by atoms with Gasteiger partial charge >= 0.3 is 0 Å². The predicted molar refractivity (Wildman–Crippen MR) is 177 cm³/mol. The van der Waals surface area contributed by atoms with E-state index >= 15 is 0 Å². The van der Waals surface area contributed by atoms with E-state index in [2.05, 4.69) is 67.6 Å². The molecule has 44 heavy (non-hydrogen) atoms. The van der Waals surface area contributed by atoms with E-state index in [1.807, 2.05) is 79.0 Å². The highest BCUT2D eigenvalue weighted by molar-refractivity contribution is 6.12. The summed E-state index contributed by atoms with van der Waals surface area (Å²) in [5.41, 5.74) is 9.76. The Morgan fingerprint density at radius 3 is 1.89 bits per heavy atom. The van der Waals surface area contributed by atoms with Gasteiger partial charge in [0.05, 0.1) is 0 Å². The molecule has 0 aliphatic carbocycles. The molecule has 0 aliphatic rings. The van der Waals surface area contributed by atoms with Gasteiger partial charge in [-0.1, -0.05) is 109 Å². The van der Waals surface area contributed by atoms with Gasteiger partial charge in [-0.25, -0.2) is 15.0 Å². The summed E-state index contributed by atoms with van der Waals surface area (Å²) in [4.78, 5) is 19.5. The molecule has 208 valence electrons. The third kappa shape index (κ3) is 4.61. The monoisotopic (exact) mass is 566 g/mol. The summed E-state index contributed by atoms with van der Waals surface area (Å²) in [6.45, 7) is 2.11. The molecule has 3 aromatic heterocycles. The van der Waals surface area contributed by atoms with Crippen molar-refractivity contribution in [1.29, 1.82) is 0 Å². The minimum Gasteiger partial charge on any atom is -0.456 e. The summed E-state index contributed by atoms with van der Waals surface area (Å²) in [7, 11) is 0. The van der Waals surface area contributed by atoms with Crippen LogP contribution in [0.3, 0.4) is 0 Å². The first-order chi connectivity index (χ1) is 21.7. The summed E-state index contributed by atoms with van der Waals surface area (Å²) in [6.07, 6.45) is 1.88. The standard InChI is InChI=1S/C39H26N4O/c1-25-11-8-9-16-30(25)29-20-22-33(40-24-29)39-42-37(27-14-6-3-7-15-27)41-38(43-39)28-19-21-32-35(23-28)44-34-18-10-17-31(36(32)34)26-12-4-2-5-13-26/h2-24H,1H3. The normalized spacial score (nSPS) is 11.3. The molecule has 5 heteroatoms. The molecule has 0 unspecified atom stereocenters. The van der Waals surface area contributed by atoms with Crippen LogP contribution in [0.15, 0.2) is 144 Å². The topological polar surface area (TPSA) is 64.7 Å². The SMILES string of the molecule is Cc1ccccc1-c1ccc(-c2nc(-c3ccccc3)nc(-c3ccc4c(c3)oc3cccc(-c5ccccc5)c34)n2)nc1. The largest absolute Gasteiger partial charge is 0.456 e. The number of aryl methyl sites for hydroxylation is 1. The van der Waals surface area contributed by atoms with E-state index in [0.29, 0.717) is 23.2 Å². The van der Waals surface area contributed by atoms with Crippen LogP contribution in [-0.2, 0) is 0 Å². The molecule has 0 fully saturated rings. The van der Waals surface area contributed by atoms with E-state index in [9.17, 15) is 0 Å². The number of pyridine rings is 1. The van der Waals surface area contributed by atoms with E-state index in [-0.39, 0.29) is 0 Å². The van der Waals surface area contributed by atoms with Crippen molar-refractivity contribution in [2.45, 2.75) is 6.92 Å². The van der Waals surface area contributed by atoms with Crippen molar-refractivity contribution in [3.8, 4) is 56.5 Å². The fourth-order valence-electron chi connectivity index (χ4n) is 5.74. The smallest absolute Gasteiger partial charge is 0.182 e. The zero-order valence-corrected chi connectivity index (χ0v) is 24.0. The van der Waals surface area contributed by atoms with E-state index in [4.69, 9.17) is 24.4 Å². The Morgan fingerprint density at radius 1 is 0.477 bits per heavy atom. The number of furan rings is 1. The van der Waals surface area contributed by atoms with E-state index in [1.165, 1.54) is 5.56 Å². The lowest BCUT2D eigenvalue weighted by atomic mass is 9.99. The molecule has 0 saturated carbocycles. The number of hydrogen-bond acceptors (Lipinski definition) is 5. The molecule has 0 saturated heterocycles. The summed E-state index contributed by atoms with van der Waals surface area (Å²) in [5, 5.41) is 2.15. The highest BCUT2D eigenvalue weighted by atomic mass is 16.3. The summed E-state index contributed by atoms with van der Waals surface area (Å²) < 4.78 is 6.39. The van der Waals surface area contributed by atoms with Crippen LogP contribution in [0.1, 0.15) is 5.56 Å². The van der Waals surface area contributed by atoms with Crippen LogP contribution >= 0.6 is 0 Å². The van der Waals surface area contributed by atoms with Crippen LogP contribution in [0, 0.1) is 6.92 Å². The maximum atomic E-state index is 6.39. The minimum atomic E-state index is 0.515. The zero-order chi connectivity index (χ0) is 29.5. The van der Waals surface area contributed by atoms with Crippen molar-refractivity contribution in [3.05, 3.63) is 145 Å². The molecule has 0 radical (unpaired) electrons. The average Bonchev–Trinajstić information content (AvgIpc) is 3.47.